The van der Waals surface area contributed by atoms with Crippen LogP contribution in [0.3, 0.4) is 0 Å². The molecule has 114 valence electrons. The smallest absolute Gasteiger partial charge is 0.405 e. The summed E-state index contributed by atoms with van der Waals surface area (Å²) in [6, 6.07) is 5.80. The van der Waals surface area contributed by atoms with Crippen LogP contribution in [0.5, 0.6) is 5.75 Å². The quantitative estimate of drug-likeness (QED) is 0.921. The molecule has 21 heavy (non-hydrogen) atoms. The van der Waals surface area contributed by atoms with Crippen molar-refractivity contribution in [1.29, 1.82) is 0 Å². The summed E-state index contributed by atoms with van der Waals surface area (Å²) in [7, 11) is 1.86. The van der Waals surface area contributed by atoms with Crippen LogP contribution in [0.1, 0.15) is 24.4 Å². The van der Waals surface area contributed by atoms with E-state index < -0.39 is 6.36 Å². The van der Waals surface area contributed by atoms with Crippen LogP contribution < -0.4 is 10.1 Å². The lowest BCUT2D eigenvalue weighted by Crippen LogP contribution is -2.23. The lowest BCUT2D eigenvalue weighted by Gasteiger charge is -2.19. The summed E-state index contributed by atoms with van der Waals surface area (Å²) >= 11 is 0. The number of alkyl halides is 3. The SMILES string of the molecule is CC(NCc1nccn1C)c1ccccc1OC(F)(F)F. The molecule has 2 aromatic rings. The largest absolute Gasteiger partial charge is 0.573 e. The fourth-order valence-electron chi connectivity index (χ4n) is 1.98. The van der Waals surface area contributed by atoms with Crippen LogP contribution >= 0.6 is 0 Å². The van der Waals surface area contributed by atoms with Crippen LogP contribution in [-0.4, -0.2) is 15.9 Å². The highest BCUT2D eigenvalue weighted by Crippen LogP contribution is 2.30. The summed E-state index contributed by atoms with van der Waals surface area (Å²) < 4.78 is 43.1. The van der Waals surface area contributed by atoms with Crippen molar-refractivity contribution in [3.05, 3.63) is 48.0 Å². The van der Waals surface area contributed by atoms with Gasteiger partial charge in [-0.3, -0.25) is 0 Å². The second-order valence-electron chi connectivity index (χ2n) is 4.64. The van der Waals surface area contributed by atoms with E-state index in [-0.39, 0.29) is 11.8 Å². The molecule has 0 spiro atoms. The van der Waals surface area contributed by atoms with Gasteiger partial charge in [-0.05, 0) is 13.0 Å². The Labute approximate surface area is 120 Å². The number of aryl methyl sites for hydroxylation is 1. The van der Waals surface area contributed by atoms with Gasteiger partial charge in [0.2, 0.25) is 0 Å². The Morgan fingerprint density at radius 1 is 1.33 bits per heavy atom. The number of nitrogens with one attached hydrogen (secondary N) is 1. The van der Waals surface area contributed by atoms with Gasteiger partial charge in [-0.1, -0.05) is 18.2 Å². The second kappa shape index (κ2) is 6.17. The minimum absolute atomic E-state index is 0.190. The standard InChI is InChI=1S/C14H16F3N3O/c1-10(19-9-13-18-7-8-20(13)2)11-5-3-4-6-12(11)21-14(15,16)17/h3-8,10,19H,9H2,1-2H3. The predicted molar refractivity (Wildman–Crippen MR) is 71.6 cm³/mol. The Balaban J connectivity index is 2.08. The number of halogens is 3. The van der Waals surface area contributed by atoms with Crippen molar-refractivity contribution in [1.82, 2.24) is 14.9 Å². The number of hydrogen-bond acceptors (Lipinski definition) is 3. The van der Waals surface area contributed by atoms with Gasteiger partial charge in [-0.2, -0.15) is 0 Å². The van der Waals surface area contributed by atoms with Crippen LogP contribution in [-0.2, 0) is 13.6 Å². The van der Waals surface area contributed by atoms with Crippen molar-refractivity contribution in [2.45, 2.75) is 25.9 Å². The highest BCUT2D eigenvalue weighted by atomic mass is 19.4. The minimum Gasteiger partial charge on any atom is -0.405 e. The molecule has 1 aromatic carbocycles. The van der Waals surface area contributed by atoms with Crippen molar-refractivity contribution >= 4 is 0 Å². The number of benzene rings is 1. The number of para-hydroxylation sites is 1. The molecule has 0 radical (unpaired) electrons. The lowest BCUT2D eigenvalue weighted by molar-refractivity contribution is -0.275. The maximum absolute atomic E-state index is 12.4. The van der Waals surface area contributed by atoms with E-state index in [2.05, 4.69) is 15.0 Å². The summed E-state index contributed by atoms with van der Waals surface area (Å²) in [5, 5.41) is 3.14. The molecule has 2 rings (SSSR count). The van der Waals surface area contributed by atoms with E-state index in [1.54, 1.807) is 25.3 Å². The van der Waals surface area contributed by atoms with Crippen LogP contribution in [0, 0.1) is 0 Å². The van der Waals surface area contributed by atoms with Crippen LogP contribution in [0.2, 0.25) is 0 Å². The minimum atomic E-state index is -4.70. The van der Waals surface area contributed by atoms with E-state index >= 15 is 0 Å². The average molecular weight is 299 g/mol. The van der Waals surface area contributed by atoms with Crippen LogP contribution in [0.25, 0.3) is 0 Å². The number of nitrogens with zero attached hydrogens (tertiary/aromatic N) is 2. The molecule has 0 saturated carbocycles. The third-order valence-corrected chi connectivity index (χ3v) is 3.10. The predicted octanol–water partition coefficient (Wildman–Crippen LogP) is 3.17. The summed E-state index contributed by atoms with van der Waals surface area (Å²) in [5.41, 5.74) is 0.448. The number of aromatic nitrogens is 2. The number of ether oxygens (including phenoxy) is 1. The molecule has 0 saturated heterocycles. The first-order valence-corrected chi connectivity index (χ1v) is 6.41. The molecule has 1 aromatic heterocycles. The second-order valence-corrected chi connectivity index (χ2v) is 4.64. The maximum atomic E-state index is 12.4. The molecule has 1 N–H and O–H groups in total. The topological polar surface area (TPSA) is 39.1 Å². The highest BCUT2D eigenvalue weighted by Gasteiger charge is 2.32. The van der Waals surface area contributed by atoms with Gasteiger partial charge < -0.3 is 14.6 Å². The summed E-state index contributed by atoms with van der Waals surface area (Å²) in [6.45, 7) is 2.23. The van der Waals surface area contributed by atoms with E-state index in [0.717, 1.165) is 5.82 Å². The Morgan fingerprint density at radius 3 is 2.67 bits per heavy atom. The maximum Gasteiger partial charge on any atom is 0.573 e. The van der Waals surface area contributed by atoms with Crippen LogP contribution in [0.4, 0.5) is 13.2 Å². The third kappa shape index (κ3) is 4.22. The van der Waals surface area contributed by atoms with E-state index in [1.807, 2.05) is 17.8 Å². The molecule has 4 nitrogen and oxygen atoms in total. The summed E-state index contributed by atoms with van der Waals surface area (Å²) in [4.78, 5) is 4.15. The first-order valence-electron chi connectivity index (χ1n) is 6.41. The summed E-state index contributed by atoms with van der Waals surface area (Å²) in [6.07, 6.45) is -1.22. The zero-order valence-electron chi connectivity index (χ0n) is 11.7. The van der Waals surface area contributed by atoms with Gasteiger partial charge in [0.1, 0.15) is 11.6 Å². The first-order chi connectivity index (χ1) is 9.87. The average Bonchev–Trinajstić information content (AvgIpc) is 2.80. The zero-order chi connectivity index (χ0) is 15.5. The van der Waals surface area contributed by atoms with Crippen molar-refractivity contribution in [2.24, 2.45) is 7.05 Å². The first kappa shape index (κ1) is 15.4. The van der Waals surface area contributed by atoms with Crippen molar-refractivity contribution in [2.75, 3.05) is 0 Å². The molecule has 7 heteroatoms. The number of imidazole rings is 1. The summed E-state index contributed by atoms with van der Waals surface area (Å²) in [5.74, 6) is 0.612. The molecule has 1 atom stereocenters. The number of rotatable bonds is 5. The number of hydrogen-bond donors (Lipinski definition) is 1. The molecule has 0 aliphatic carbocycles. The molecular weight excluding hydrogens is 283 g/mol. The van der Waals surface area contributed by atoms with Gasteiger partial charge in [0.25, 0.3) is 0 Å². The molecule has 0 fully saturated rings. The third-order valence-electron chi connectivity index (χ3n) is 3.10. The Bertz CT molecular complexity index is 595. The fourth-order valence-corrected chi connectivity index (χ4v) is 1.98. The van der Waals surface area contributed by atoms with Crippen LogP contribution in [0.15, 0.2) is 36.7 Å². The van der Waals surface area contributed by atoms with Gasteiger partial charge >= 0.3 is 6.36 Å². The van der Waals surface area contributed by atoms with Crippen molar-refractivity contribution < 1.29 is 17.9 Å². The van der Waals surface area contributed by atoms with Crippen molar-refractivity contribution in [3.8, 4) is 5.75 Å². The van der Waals surface area contributed by atoms with Gasteiger partial charge in [-0.15, -0.1) is 13.2 Å². The van der Waals surface area contributed by atoms with E-state index in [1.165, 1.54) is 12.1 Å². The monoisotopic (exact) mass is 299 g/mol. The van der Waals surface area contributed by atoms with Gasteiger partial charge in [0.05, 0.1) is 6.54 Å². The molecule has 0 amide bonds. The molecule has 0 bridgehead atoms. The highest BCUT2D eigenvalue weighted by molar-refractivity contribution is 5.35. The Hall–Kier alpha value is -2.02. The Kier molecular flexibility index (Phi) is 4.52. The Morgan fingerprint density at radius 2 is 2.05 bits per heavy atom. The molecule has 0 aliphatic heterocycles. The molecule has 1 heterocycles. The molecular formula is C14H16F3N3O. The van der Waals surface area contributed by atoms with Gasteiger partial charge in [0.15, 0.2) is 0 Å². The van der Waals surface area contributed by atoms with Gasteiger partial charge in [0, 0.05) is 31.0 Å². The molecule has 0 aliphatic rings. The fraction of sp³-hybridized carbons (Fsp3) is 0.357. The van der Waals surface area contributed by atoms with E-state index in [4.69, 9.17) is 0 Å². The van der Waals surface area contributed by atoms with E-state index in [9.17, 15) is 13.2 Å². The molecule has 1 unspecified atom stereocenters. The van der Waals surface area contributed by atoms with Crippen molar-refractivity contribution in [3.63, 3.8) is 0 Å². The zero-order valence-corrected chi connectivity index (χ0v) is 11.7. The normalized spacial score (nSPS) is 13.2. The lowest BCUT2D eigenvalue weighted by atomic mass is 10.1. The van der Waals surface area contributed by atoms with E-state index in [0.29, 0.717) is 12.1 Å². The van der Waals surface area contributed by atoms with Gasteiger partial charge in [-0.25, -0.2) is 4.98 Å².